The number of nitrogens with zero attached hydrogens (tertiary/aromatic N) is 2. The topological polar surface area (TPSA) is 96.0 Å². The number of ether oxygens (including phenoxy) is 1. The summed E-state index contributed by atoms with van der Waals surface area (Å²) in [7, 11) is -2.88. The molecule has 1 fully saturated rings. The van der Waals surface area contributed by atoms with Crippen LogP contribution in [0.2, 0.25) is 0 Å². The SMILES string of the molecule is COC(=O)CNC(=O)CN1CCN(S(=O)(=O)c2ccc(F)cc2F)CC1. The maximum Gasteiger partial charge on any atom is 0.325 e. The van der Waals surface area contributed by atoms with Gasteiger partial charge in [0.1, 0.15) is 23.1 Å². The highest BCUT2D eigenvalue weighted by Gasteiger charge is 2.31. The minimum absolute atomic E-state index is 0.00418. The van der Waals surface area contributed by atoms with Crippen LogP contribution < -0.4 is 5.32 Å². The summed E-state index contributed by atoms with van der Waals surface area (Å²) >= 11 is 0. The van der Waals surface area contributed by atoms with Gasteiger partial charge in [0.15, 0.2) is 0 Å². The molecule has 0 saturated carbocycles. The molecule has 26 heavy (non-hydrogen) atoms. The molecule has 2 rings (SSSR count). The second-order valence-corrected chi connectivity index (χ2v) is 7.51. The van der Waals surface area contributed by atoms with Gasteiger partial charge >= 0.3 is 5.97 Å². The van der Waals surface area contributed by atoms with E-state index in [0.717, 1.165) is 16.4 Å². The number of benzene rings is 1. The van der Waals surface area contributed by atoms with Crippen LogP contribution in [-0.2, 0) is 24.3 Å². The average molecular weight is 391 g/mol. The molecule has 144 valence electrons. The van der Waals surface area contributed by atoms with Gasteiger partial charge < -0.3 is 10.1 Å². The van der Waals surface area contributed by atoms with Crippen LogP contribution in [0.25, 0.3) is 0 Å². The van der Waals surface area contributed by atoms with Crippen LogP contribution in [0.4, 0.5) is 8.78 Å². The lowest BCUT2D eigenvalue weighted by molar-refractivity contribution is -0.141. The fourth-order valence-corrected chi connectivity index (χ4v) is 3.92. The number of rotatable bonds is 6. The Kier molecular flexibility index (Phi) is 6.62. The van der Waals surface area contributed by atoms with E-state index >= 15 is 0 Å². The molecule has 1 amide bonds. The molecule has 1 aliphatic heterocycles. The normalized spacial score (nSPS) is 16.3. The lowest BCUT2D eigenvalue weighted by atomic mass is 10.3. The van der Waals surface area contributed by atoms with Crippen molar-refractivity contribution in [3.63, 3.8) is 0 Å². The molecule has 11 heteroatoms. The third-order valence-corrected chi connectivity index (χ3v) is 5.80. The number of nitrogens with one attached hydrogen (secondary N) is 1. The predicted molar refractivity (Wildman–Crippen MR) is 86.6 cm³/mol. The van der Waals surface area contributed by atoms with Gasteiger partial charge in [-0.3, -0.25) is 14.5 Å². The Labute approximate surface area is 149 Å². The first-order valence-corrected chi connectivity index (χ1v) is 9.19. The van der Waals surface area contributed by atoms with E-state index in [1.165, 1.54) is 7.11 Å². The molecule has 0 atom stereocenters. The summed E-state index contributed by atoms with van der Waals surface area (Å²) in [4.78, 5) is 23.8. The molecule has 1 N–H and O–H groups in total. The number of esters is 1. The molecule has 1 saturated heterocycles. The number of amides is 1. The number of carbonyl (C=O) groups is 2. The Morgan fingerprint density at radius 2 is 1.85 bits per heavy atom. The molecule has 8 nitrogen and oxygen atoms in total. The average Bonchev–Trinajstić information content (AvgIpc) is 2.59. The van der Waals surface area contributed by atoms with Crippen molar-refractivity contribution in [1.82, 2.24) is 14.5 Å². The number of carbonyl (C=O) groups excluding carboxylic acids is 2. The lowest BCUT2D eigenvalue weighted by Gasteiger charge is -2.33. The van der Waals surface area contributed by atoms with Crippen molar-refractivity contribution in [3.8, 4) is 0 Å². The van der Waals surface area contributed by atoms with E-state index in [-0.39, 0.29) is 39.3 Å². The molecular formula is C15H19F2N3O5S. The monoisotopic (exact) mass is 391 g/mol. The first-order chi connectivity index (χ1) is 12.2. The second kappa shape index (κ2) is 8.52. The first-order valence-electron chi connectivity index (χ1n) is 7.75. The fraction of sp³-hybridized carbons (Fsp3) is 0.467. The van der Waals surface area contributed by atoms with Gasteiger partial charge in [0, 0.05) is 32.2 Å². The van der Waals surface area contributed by atoms with E-state index in [0.29, 0.717) is 6.07 Å². The van der Waals surface area contributed by atoms with Gasteiger partial charge in [0.05, 0.1) is 13.7 Å². The highest BCUT2D eigenvalue weighted by Crippen LogP contribution is 2.21. The third kappa shape index (κ3) is 4.96. The van der Waals surface area contributed by atoms with E-state index in [1.807, 2.05) is 0 Å². The molecule has 1 aromatic carbocycles. The number of hydrogen-bond acceptors (Lipinski definition) is 6. The van der Waals surface area contributed by atoms with Crippen molar-refractivity contribution in [3.05, 3.63) is 29.8 Å². The Morgan fingerprint density at radius 3 is 2.42 bits per heavy atom. The second-order valence-electron chi connectivity index (χ2n) is 5.61. The third-order valence-electron chi connectivity index (χ3n) is 3.87. The van der Waals surface area contributed by atoms with Crippen molar-refractivity contribution in [2.24, 2.45) is 0 Å². The number of methoxy groups -OCH3 is 1. The molecule has 1 heterocycles. The molecular weight excluding hydrogens is 372 g/mol. The number of hydrogen-bond donors (Lipinski definition) is 1. The summed E-state index contributed by atoms with van der Waals surface area (Å²) in [6.07, 6.45) is 0. The van der Waals surface area contributed by atoms with Crippen LogP contribution in [0.1, 0.15) is 0 Å². The number of sulfonamides is 1. The lowest BCUT2D eigenvalue weighted by Crippen LogP contribution is -2.51. The summed E-state index contributed by atoms with van der Waals surface area (Å²) in [6, 6.07) is 2.30. The molecule has 0 aromatic heterocycles. The zero-order valence-electron chi connectivity index (χ0n) is 14.1. The molecule has 0 spiro atoms. The zero-order chi connectivity index (χ0) is 19.3. The van der Waals surface area contributed by atoms with Crippen LogP contribution >= 0.6 is 0 Å². The Bertz CT molecular complexity index is 779. The molecule has 1 aromatic rings. The largest absolute Gasteiger partial charge is 0.468 e. The van der Waals surface area contributed by atoms with E-state index in [4.69, 9.17) is 0 Å². The van der Waals surface area contributed by atoms with Crippen LogP contribution in [0, 0.1) is 11.6 Å². The van der Waals surface area contributed by atoms with Gasteiger partial charge in [-0.1, -0.05) is 0 Å². The maximum absolute atomic E-state index is 13.8. The highest BCUT2D eigenvalue weighted by atomic mass is 32.2. The fourth-order valence-electron chi connectivity index (χ4n) is 2.45. The molecule has 0 radical (unpaired) electrons. The Balaban J connectivity index is 1.91. The van der Waals surface area contributed by atoms with Gasteiger partial charge in [-0.05, 0) is 12.1 Å². The predicted octanol–water partition coefficient (Wildman–Crippen LogP) is -0.440. The molecule has 0 unspecified atom stereocenters. The van der Waals surface area contributed by atoms with Crippen LogP contribution in [0.15, 0.2) is 23.1 Å². The zero-order valence-corrected chi connectivity index (χ0v) is 14.9. The number of piperazine rings is 1. The quantitative estimate of drug-likeness (QED) is 0.661. The Hall–Kier alpha value is -2.11. The van der Waals surface area contributed by atoms with Gasteiger partial charge in [0.25, 0.3) is 0 Å². The Morgan fingerprint density at radius 1 is 1.19 bits per heavy atom. The van der Waals surface area contributed by atoms with Crippen molar-refractivity contribution in [2.45, 2.75) is 4.90 Å². The van der Waals surface area contributed by atoms with Crippen LogP contribution in [-0.4, -0.2) is 75.9 Å². The van der Waals surface area contributed by atoms with E-state index in [1.54, 1.807) is 4.90 Å². The summed E-state index contributed by atoms with van der Waals surface area (Å²) < 4.78 is 57.2. The van der Waals surface area contributed by atoms with Crippen molar-refractivity contribution < 1.29 is 31.5 Å². The van der Waals surface area contributed by atoms with Crippen LogP contribution in [0.5, 0.6) is 0 Å². The summed E-state index contributed by atoms with van der Waals surface area (Å²) in [5.41, 5.74) is 0. The van der Waals surface area contributed by atoms with Gasteiger partial charge in [-0.2, -0.15) is 4.31 Å². The van der Waals surface area contributed by atoms with E-state index < -0.39 is 38.4 Å². The summed E-state index contributed by atoms with van der Waals surface area (Å²) in [5.74, 6) is -2.97. The van der Waals surface area contributed by atoms with E-state index in [2.05, 4.69) is 10.1 Å². The molecule has 1 aliphatic rings. The smallest absolute Gasteiger partial charge is 0.325 e. The maximum atomic E-state index is 13.8. The van der Waals surface area contributed by atoms with Gasteiger partial charge in [-0.15, -0.1) is 0 Å². The van der Waals surface area contributed by atoms with Crippen molar-refractivity contribution in [2.75, 3.05) is 46.4 Å². The molecule has 0 bridgehead atoms. The van der Waals surface area contributed by atoms with Gasteiger partial charge in [0.2, 0.25) is 15.9 Å². The highest BCUT2D eigenvalue weighted by molar-refractivity contribution is 7.89. The molecule has 0 aliphatic carbocycles. The summed E-state index contributed by atoms with van der Waals surface area (Å²) in [5, 5.41) is 2.39. The minimum atomic E-state index is -4.08. The van der Waals surface area contributed by atoms with Crippen molar-refractivity contribution >= 4 is 21.9 Å². The number of halogens is 2. The summed E-state index contributed by atoms with van der Waals surface area (Å²) in [6.45, 7) is 0.386. The standard InChI is InChI=1S/C15H19F2N3O5S/c1-25-15(22)9-18-14(21)10-19-4-6-20(7-5-19)26(23,24)13-3-2-11(16)8-12(13)17/h2-3,8H,4-7,9-10H2,1H3,(H,18,21). The van der Waals surface area contributed by atoms with E-state index in [9.17, 15) is 26.8 Å². The van der Waals surface area contributed by atoms with Gasteiger partial charge in [-0.25, -0.2) is 17.2 Å². The van der Waals surface area contributed by atoms with Crippen molar-refractivity contribution in [1.29, 1.82) is 0 Å². The van der Waals surface area contributed by atoms with Crippen LogP contribution in [0.3, 0.4) is 0 Å². The first kappa shape index (κ1) is 20.2. The minimum Gasteiger partial charge on any atom is -0.468 e.